The zero-order valence-electron chi connectivity index (χ0n) is 11.3. The molecule has 2 aromatic carbocycles. The maximum absolute atomic E-state index is 13.4. The molecule has 104 valence electrons. The number of hydrogen-bond acceptors (Lipinski definition) is 2. The van der Waals surface area contributed by atoms with Crippen molar-refractivity contribution < 1.29 is 14.2 Å². The van der Waals surface area contributed by atoms with E-state index in [1.54, 1.807) is 6.07 Å². The average molecular weight is 272 g/mol. The highest BCUT2D eigenvalue weighted by atomic mass is 19.1. The molecule has 2 nitrogen and oxygen atoms in total. The predicted molar refractivity (Wildman–Crippen MR) is 74.9 cm³/mol. The van der Waals surface area contributed by atoms with Crippen molar-refractivity contribution >= 4 is 0 Å². The van der Waals surface area contributed by atoms with E-state index in [0.29, 0.717) is 12.2 Å². The Morgan fingerprint density at radius 1 is 1.25 bits per heavy atom. The summed E-state index contributed by atoms with van der Waals surface area (Å²) < 4.78 is 19.2. The van der Waals surface area contributed by atoms with Crippen LogP contribution < -0.4 is 0 Å². The molecule has 1 heterocycles. The monoisotopic (exact) mass is 272 g/mol. The quantitative estimate of drug-likeness (QED) is 0.907. The van der Waals surface area contributed by atoms with Crippen molar-refractivity contribution in [2.75, 3.05) is 6.61 Å². The van der Waals surface area contributed by atoms with Crippen molar-refractivity contribution in [3.8, 4) is 0 Å². The van der Waals surface area contributed by atoms with Gasteiger partial charge in [-0.1, -0.05) is 30.3 Å². The summed E-state index contributed by atoms with van der Waals surface area (Å²) in [5, 5.41) is 10.6. The van der Waals surface area contributed by atoms with Crippen molar-refractivity contribution in [3.63, 3.8) is 0 Å². The molecular weight excluding hydrogens is 255 g/mol. The van der Waals surface area contributed by atoms with Gasteiger partial charge in [0.1, 0.15) is 18.0 Å². The minimum atomic E-state index is -0.854. The lowest BCUT2D eigenvalue weighted by atomic mass is 9.90. The Bertz CT molecular complexity index is 624. The van der Waals surface area contributed by atoms with E-state index in [-0.39, 0.29) is 5.82 Å². The summed E-state index contributed by atoms with van der Waals surface area (Å²) in [5.41, 5.74) is 3.64. The molecule has 2 aromatic rings. The molecule has 20 heavy (non-hydrogen) atoms. The number of aryl methyl sites for hydroxylation is 1. The van der Waals surface area contributed by atoms with Crippen LogP contribution in [0.5, 0.6) is 0 Å². The number of benzene rings is 2. The Morgan fingerprint density at radius 3 is 2.90 bits per heavy atom. The topological polar surface area (TPSA) is 29.5 Å². The molecule has 0 aliphatic carbocycles. The summed E-state index contributed by atoms with van der Waals surface area (Å²) >= 11 is 0. The Labute approximate surface area is 117 Å². The smallest absolute Gasteiger partial charge is 0.123 e. The van der Waals surface area contributed by atoms with E-state index < -0.39 is 12.2 Å². The van der Waals surface area contributed by atoms with Crippen LogP contribution in [0.1, 0.15) is 34.5 Å². The van der Waals surface area contributed by atoms with Gasteiger partial charge in [-0.2, -0.15) is 0 Å². The lowest BCUT2D eigenvalue weighted by Gasteiger charge is -2.30. The van der Waals surface area contributed by atoms with Gasteiger partial charge in [0.05, 0.1) is 6.61 Å². The third kappa shape index (κ3) is 2.35. The van der Waals surface area contributed by atoms with Gasteiger partial charge < -0.3 is 9.84 Å². The zero-order valence-corrected chi connectivity index (χ0v) is 11.3. The first-order valence-electron chi connectivity index (χ1n) is 6.80. The van der Waals surface area contributed by atoms with Gasteiger partial charge in [0.15, 0.2) is 0 Å². The van der Waals surface area contributed by atoms with E-state index >= 15 is 0 Å². The van der Waals surface area contributed by atoms with Gasteiger partial charge >= 0.3 is 0 Å². The van der Waals surface area contributed by atoms with Gasteiger partial charge in [-0.3, -0.25) is 0 Å². The van der Waals surface area contributed by atoms with Gasteiger partial charge in [0, 0.05) is 0 Å². The summed E-state index contributed by atoms with van der Waals surface area (Å²) in [5.74, 6) is -0.339. The van der Waals surface area contributed by atoms with E-state index in [2.05, 4.69) is 6.07 Å². The predicted octanol–water partition coefficient (Wildman–Crippen LogP) is 3.48. The molecule has 2 unspecified atom stereocenters. The van der Waals surface area contributed by atoms with E-state index in [1.807, 2.05) is 25.1 Å². The maximum atomic E-state index is 13.4. The van der Waals surface area contributed by atoms with Crippen LogP contribution in [0, 0.1) is 12.7 Å². The van der Waals surface area contributed by atoms with Crippen molar-refractivity contribution in [3.05, 3.63) is 70.5 Å². The Kier molecular flexibility index (Phi) is 3.55. The second kappa shape index (κ2) is 5.35. The fourth-order valence-corrected chi connectivity index (χ4v) is 2.78. The molecule has 0 bridgehead atoms. The number of aliphatic hydroxyl groups is 1. The first-order valence-corrected chi connectivity index (χ1v) is 6.80. The van der Waals surface area contributed by atoms with Gasteiger partial charge in [-0.15, -0.1) is 0 Å². The van der Waals surface area contributed by atoms with Crippen molar-refractivity contribution in [1.82, 2.24) is 0 Å². The molecule has 1 aliphatic rings. The van der Waals surface area contributed by atoms with Gasteiger partial charge in [0.25, 0.3) is 0 Å². The Balaban J connectivity index is 1.99. The normalized spacial score (nSPS) is 19.4. The highest BCUT2D eigenvalue weighted by molar-refractivity contribution is 5.36. The SMILES string of the molecule is Cc1ccc(F)cc1C(O)C1OCCc2ccccc21. The third-order valence-electron chi connectivity index (χ3n) is 3.88. The average Bonchev–Trinajstić information content (AvgIpc) is 2.48. The maximum Gasteiger partial charge on any atom is 0.123 e. The van der Waals surface area contributed by atoms with Crippen LogP contribution in [0.25, 0.3) is 0 Å². The molecule has 3 heteroatoms. The number of halogens is 1. The molecule has 3 rings (SSSR count). The lowest BCUT2D eigenvalue weighted by molar-refractivity contribution is -0.0486. The molecule has 1 aliphatic heterocycles. The van der Waals surface area contributed by atoms with Crippen LogP contribution in [0.3, 0.4) is 0 Å². The summed E-state index contributed by atoms with van der Waals surface area (Å²) in [6.45, 7) is 2.44. The first kappa shape index (κ1) is 13.3. The zero-order chi connectivity index (χ0) is 14.1. The van der Waals surface area contributed by atoms with Crippen molar-refractivity contribution in [2.45, 2.75) is 25.6 Å². The van der Waals surface area contributed by atoms with Gasteiger partial charge in [-0.05, 0) is 47.7 Å². The highest BCUT2D eigenvalue weighted by Crippen LogP contribution is 2.37. The molecule has 0 amide bonds. The van der Waals surface area contributed by atoms with Crippen LogP contribution in [-0.2, 0) is 11.2 Å². The minimum Gasteiger partial charge on any atom is -0.385 e. The number of aliphatic hydroxyl groups excluding tert-OH is 1. The molecule has 2 atom stereocenters. The fraction of sp³-hybridized carbons (Fsp3) is 0.294. The van der Waals surface area contributed by atoms with Crippen LogP contribution in [0.2, 0.25) is 0 Å². The van der Waals surface area contributed by atoms with Crippen molar-refractivity contribution in [1.29, 1.82) is 0 Å². The van der Waals surface area contributed by atoms with Crippen LogP contribution in [0.4, 0.5) is 4.39 Å². The fourth-order valence-electron chi connectivity index (χ4n) is 2.78. The van der Waals surface area contributed by atoms with Crippen LogP contribution in [-0.4, -0.2) is 11.7 Å². The largest absolute Gasteiger partial charge is 0.385 e. The van der Waals surface area contributed by atoms with E-state index in [0.717, 1.165) is 17.5 Å². The molecule has 0 saturated carbocycles. The molecule has 0 fully saturated rings. The second-order valence-electron chi connectivity index (χ2n) is 5.19. The van der Waals surface area contributed by atoms with Gasteiger partial charge in [-0.25, -0.2) is 4.39 Å². The number of rotatable bonds is 2. The lowest BCUT2D eigenvalue weighted by Crippen LogP contribution is -2.22. The van der Waals surface area contributed by atoms with E-state index in [4.69, 9.17) is 4.74 Å². The number of hydrogen-bond donors (Lipinski definition) is 1. The Hall–Kier alpha value is -1.71. The number of fused-ring (bicyclic) bond motifs is 1. The minimum absolute atomic E-state index is 0.339. The standard InChI is InChI=1S/C17H17FO2/c1-11-6-7-13(18)10-15(11)16(19)17-14-5-3-2-4-12(14)8-9-20-17/h2-7,10,16-17,19H,8-9H2,1H3. The molecular formula is C17H17FO2. The van der Waals surface area contributed by atoms with E-state index in [1.165, 1.54) is 17.7 Å². The first-order chi connectivity index (χ1) is 9.66. The summed E-state index contributed by atoms with van der Waals surface area (Å²) in [6.07, 6.45) is -0.436. The molecule has 0 spiro atoms. The highest BCUT2D eigenvalue weighted by Gasteiger charge is 2.29. The molecule has 0 radical (unpaired) electrons. The third-order valence-corrected chi connectivity index (χ3v) is 3.88. The summed E-state index contributed by atoms with van der Waals surface area (Å²) in [7, 11) is 0. The van der Waals surface area contributed by atoms with Gasteiger partial charge in [0.2, 0.25) is 0 Å². The number of ether oxygens (including phenoxy) is 1. The molecule has 0 aromatic heterocycles. The summed E-state index contributed by atoms with van der Waals surface area (Å²) in [4.78, 5) is 0. The van der Waals surface area contributed by atoms with E-state index in [9.17, 15) is 9.50 Å². The second-order valence-corrected chi connectivity index (χ2v) is 5.19. The summed E-state index contributed by atoms with van der Waals surface area (Å²) in [6, 6.07) is 12.4. The molecule has 0 saturated heterocycles. The van der Waals surface area contributed by atoms with Crippen LogP contribution in [0.15, 0.2) is 42.5 Å². The Morgan fingerprint density at radius 2 is 2.05 bits per heavy atom. The molecule has 1 N–H and O–H groups in total. The van der Waals surface area contributed by atoms with Crippen LogP contribution >= 0.6 is 0 Å². The van der Waals surface area contributed by atoms with Crippen molar-refractivity contribution in [2.24, 2.45) is 0 Å².